The van der Waals surface area contributed by atoms with E-state index in [1.807, 2.05) is 12.1 Å². The maximum atomic E-state index is 12.1. The zero-order chi connectivity index (χ0) is 15.5. The highest BCUT2D eigenvalue weighted by molar-refractivity contribution is 6.03. The summed E-state index contributed by atoms with van der Waals surface area (Å²) < 4.78 is 2.14. The molecule has 5 heteroatoms. The third-order valence-electron chi connectivity index (χ3n) is 3.45. The Morgan fingerprint density at radius 1 is 0.955 bits per heavy atom. The van der Waals surface area contributed by atoms with Crippen molar-refractivity contribution in [2.24, 2.45) is 0 Å². The van der Waals surface area contributed by atoms with E-state index in [-0.39, 0.29) is 5.91 Å². The summed E-state index contributed by atoms with van der Waals surface area (Å²) in [6.45, 7) is 4.11. The molecule has 0 aliphatic rings. The van der Waals surface area contributed by atoms with Crippen LogP contribution in [0, 0.1) is 13.8 Å². The summed E-state index contributed by atoms with van der Waals surface area (Å²) in [5, 5.41) is 2.67. The van der Waals surface area contributed by atoms with Gasteiger partial charge in [-0.25, -0.2) is 9.97 Å². The predicted octanol–water partition coefficient (Wildman–Crippen LogP) is 3.14. The number of amides is 1. The molecule has 2 heterocycles. The van der Waals surface area contributed by atoms with Crippen LogP contribution in [0.15, 0.2) is 54.9 Å². The van der Waals surface area contributed by atoms with Crippen LogP contribution in [0.5, 0.6) is 0 Å². The van der Waals surface area contributed by atoms with Crippen molar-refractivity contribution in [1.29, 1.82) is 0 Å². The fourth-order valence-corrected chi connectivity index (χ4v) is 2.37. The predicted molar refractivity (Wildman–Crippen MR) is 85.2 cm³/mol. The van der Waals surface area contributed by atoms with Crippen molar-refractivity contribution in [1.82, 2.24) is 14.5 Å². The SMILES string of the molecule is Cc1ccc(C)n1-c1ccc(C(=O)Nc2ncccn2)cc1. The average Bonchev–Trinajstić information content (AvgIpc) is 2.87. The minimum absolute atomic E-state index is 0.223. The first-order valence-corrected chi connectivity index (χ1v) is 6.99. The Labute approximate surface area is 128 Å². The van der Waals surface area contributed by atoms with Crippen LogP contribution < -0.4 is 5.32 Å². The van der Waals surface area contributed by atoms with Gasteiger partial charge >= 0.3 is 0 Å². The van der Waals surface area contributed by atoms with E-state index in [0.29, 0.717) is 11.5 Å². The number of benzene rings is 1. The summed E-state index contributed by atoms with van der Waals surface area (Å²) in [6.07, 6.45) is 3.17. The highest BCUT2D eigenvalue weighted by Gasteiger charge is 2.09. The molecule has 5 nitrogen and oxygen atoms in total. The van der Waals surface area contributed by atoms with Gasteiger partial charge in [0.05, 0.1) is 0 Å². The zero-order valence-corrected chi connectivity index (χ0v) is 12.4. The lowest BCUT2D eigenvalue weighted by Gasteiger charge is -2.10. The van der Waals surface area contributed by atoms with Crippen LogP contribution in [0.3, 0.4) is 0 Å². The molecule has 0 unspecified atom stereocenters. The molecule has 0 aliphatic carbocycles. The molecule has 1 amide bonds. The largest absolute Gasteiger partial charge is 0.319 e. The van der Waals surface area contributed by atoms with Gasteiger partial charge in [0.25, 0.3) is 5.91 Å². The van der Waals surface area contributed by atoms with E-state index in [0.717, 1.165) is 17.1 Å². The zero-order valence-electron chi connectivity index (χ0n) is 12.4. The molecule has 2 aromatic heterocycles. The van der Waals surface area contributed by atoms with Gasteiger partial charge in [0, 0.05) is 35.0 Å². The van der Waals surface area contributed by atoms with Crippen LogP contribution in [-0.2, 0) is 0 Å². The second-order valence-electron chi connectivity index (χ2n) is 5.02. The molecular weight excluding hydrogens is 276 g/mol. The number of carbonyl (C=O) groups excluding carboxylic acids is 1. The fourth-order valence-electron chi connectivity index (χ4n) is 2.37. The van der Waals surface area contributed by atoms with E-state index in [1.54, 1.807) is 30.6 Å². The van der Waals surface area contributed by atoms with Crippen LogP contribution >= 0.6 is 0 Å². The molecule has 1 aromatic carbocycles. The Balaban J connectivity index is 1.81. The molecule has 0 aliphatic heterocycles. The van der Waals surface area contributed by atoms with Crippen molar-refractivity contribution in [3.63, 3.8) is 0 Å². The van der Waals surface area contributed by atoms with Crippen molar-refractivity contribution < 1.29 is 4.79 Å². The van der Waals surface area contributed by atoms with Crippen molar-refractivity contribution in [2.75, 3.05) is 5.32 Å². The maximum absolute atomic E-state index is 12.1. The van der Waals surface area contributed by atoms with Crippen LogP contribution in [0.2, 0.25) is 0 Å². The van der Waals surface area contributed by atoms with E-state index in [1.165, 1.54) is 0 Å². The molecule has 1 N–H and O–H groups in total. The van der Waals surface area contributed by atoms with Crippen molar-refractivity contribution in [3.8, 4) is 5.69 Å². The van der Waals surface area contributed by atoms with E-state index < -0.39 is 0 Å². The van der Waals surface area contributed by atoms with E-state index in [2.05, 4.69) is 45.8 Å². The third kappa shape index (κ3) is 2.74. The standard InChI is InChI=1S/C17H16N4O/c1-12-4-5-13(2)21(12)15-8-6-14(7-9-15)16(22)20-17-18-10-3-11-19-17/h3-11H,1-2H3,(H,18,19,20,22). The number of hydrogen-bond donors (Lipinski definition) is 1. The quantitative estimate of drug-likeness (QED) is 0.806. The molecule has 0 bridgehead atoms. The minimum atomic E-state index is -0.223. The second kappa shape index (κ2) is 5.81. The number of aryl methyl sites for hydroxylation is 2. The summed E-state index contributed by atoms with van der Waals surface area (Å²) in [5.74, 6) is 0.0763. The van der Waals surface area contributed by atoms with E-state index in [9.17, 15) is 4.79 Å². The molecule has 0 saturated carbocycles. The molecule has 22 heavy (non-hydrogen) atoms. The van der Waals surface area contributed by atoms with Crippen LogP contribution in [0.1, 0.15) is 21.7 Å². The summed E-state index contributed by atoms with van der Waals surface area (Å²) >= 11 is 0. The number of hydrogen-bond acceptors (Lipinski definition) is 3. The smallest absolute Gasteiger partial charge is 0.258 e. The van der Waals surface area contributed by atoms with Crippen LogP contribution in [0.4, 0.5) is 5.95 Å². The topological polar surface area (TPSA) is 59.8 Å². The molecule has 0 radical (unpaired) electrons. The lowest BCUT2D eigenvalue weighted by atomic mass is 10.2. The Morgan fingerprint density at radius 3 is 2.14 bits per heavy atom. The molecule has 3 aromatic rings. The molecule has 110 valence electrons. The number of nitrogens with zero attached hydrogens (tertiary/aromatic N) is 3. The number of aromatic nitrogens is 3. The number of nitrogens with one attached hydrogen (secondary N) is 1. The lowest BCUT2D eigenvalue weighted by Crippen LogP contribution is -2.14. The van der Waals surface area contributed by atoms with Gasteiger partial charge in [-0.2, -0.15) is 0 Å². The number of carbonyl (C=O) groups is 1. The van der Waals surface area contributed by atoms with Crippen molar-refractivity contribution in [3.05, 3.63) is 71.8 Å². The molecule has 0 atom stereocenters. The van der Waals surface area contributed by atoms with Gasteiger partial charge in [-0.15, -0.1) is 0 Å². The second-order valence-corrected chi connectivity index (χ2v) is 5.02. The van der Waals surface area contributed by atoms with Gasteiger partial charge < -0.3 is 4.57 Å². The monoisotopic (exact) mass is 292 g/mol. The fraction of sp³-hybridized carbons (Fsp3) is 0.118. The first-order valence-electron chi connectivity index (χ1n) is 6.99. The highest BCUT2D eigenvalue weighted by Crippen LogP contribution is 2.17. The number of rotatable bonds is 3. The van der Waals surface area contributed by atoms with Gasteiger partial charge in [0.2, 0.25) is 5.95 Å². The van der Waals surface area contributed by atoms with Crippen LogP contribution in [-0.4, -0.2) is 20.4 Å². The Hall–Kier alpha value is -2.95. The summed E-state index contributed by atoms with van der Waals surface area (Å²) in [6, 6.07) is 13.3. The van der Waals surface area contributed by atoms with Crippen molar-refractivity contribution in [2.45, 2.75) is 13.8 Å². The van der Waals surface area contributed by atoms with E-state index >= 15 is 0 Å². The molecule has 3 rings (SSSR count). The molecular formula is C17H16N4O. The van der Waals surface area contributed by atoms with Crippen LogP contribution in [0.25, 0.3) is 5.69 Å². The Bertz CT molecular complexity index is 772. The summed E-state index contributed by atoms with van der Waals surface area (Å²) in [4.78, 5) is 20.1. The van der Waals surface area contributed by atoms with Gasteiger partial charge in [0.1, 0.15) is 0 Å². The molecule has 0 fully saturated rings. The summed E-state index contributed by atoms with van der Waals surface area (Å²) in [7, 11) is 0. The lowest BCUT2D eigenvalue weighted by molar-refractivity contribution is 0.102. The number of anilines is 1. The highest BCUT2D eigenvalue weighted by atomic mass is 16.1. The normalized spacial score (nSPS) is 10.5. The van der Waals surface area contributed by atoms with E-state index in [4.69, 9.17) is 0 Å². The minimum Gasteiger partial charge on any atom is -0.319 e. The summed E-state index contributed by atoms with van der Waals surface area (Å²) in [5.41, 5.74) is 3.92. The van der Waals surface area contributed by atoms with Gasteiger partial charge in [0.15, 0.2) is 0 Å². The average molecular weight is 292 g/mol. The Kier molecular flexibility index (Phi) is 3.70. The molecule has 0 saturated heterocycles. The van der Waals surface area contributed by atoms with Gasteiger partial charge in [-0.05, 0) is 56.3 Å². The van der Waals surface area contributed by atoms with Gasteiger partial charge in [-0.1, -0.05) is 0 Å². The van der Waals surface area contributed by atoms with Crippen molar-refractivity contribution >= 4 is 11.9 Å². The maximum Gasteiger partial charge on any atom is 0.258 e. The first-order chi connectivity index (χ1) is 10.6. The Morgan fingerprint density at radius 2 is 1.55 bits per heavy atom. The molecule has 0 spiro atoms. The first kappa shape index (κ1) is 14.0. The third-order valence-corrected chi connectivity index (χ3v) is 3.45. The van der Waals surface area contributed by atoms with Gasteiger partial charge in [-0.3, -0.25) is 10.1 Å².